The van der Waals surface area contributed by atoms with E-state index >= 15 is 0 Å². The maximum atomic E-state index is 13.5. The monoisotopic (exact) mass is 701 g/mol. The number of hydrogen-bond donors (Lipinski definition) is 3. The normalized spacial score (nSPS) is 17.1. The van der Waals surface area contributed by atoms with E-state index in [2.05, 4.69) is 26.7 Å². The average Bonchev–Trinajstić information content (AvgIpc) is 3.90. The first-order chi connectivity index (χ1) is 25.1. The van der Waals surface area contributed by atoms with Gasteiger partial charge < -0.3 is 19.6 Å². The van der Waals surface area contributed by atoms with E-state index in [0.29, 0.717) is 47.9 Å². The van der Waals surface area contributed by atoms with Crippen molar-refractivity contribution in [3.63, 3.8) is 0 Å². The van der Waals surface area contributed by atoms with Gasteiger partial charge in [0.15, 0.2) is 11.3 Å². The van der Waals surface area contributed by atoms with E-state index in [1.165, 1.54) is 7.11 Å². The van der Waals surface area contributed by atoms with Crippen molar-refractivity contribution in [1.82, 2.24) is 25.0 Å². The number of nitriles is 1. The SMILES string of the molecule is COC(=O)[C@@H]1CCN(Cc2cc(C#N)c3oc(-c4cccc(-c5cccc(NC(=O)c6cc7n(n6)CCCC7NCC(=O)O)c5C)c4C)nc3c2)C1. The fourth-order valence-corrected chi connectivity index (χ4v) is 7.39. The number of carbonyl (C=O) groups excluding carboxylic acids is 2. The van der Waals surface area contributed by atoms with Gasteiger partial charge in [-0.05, 0) is 97.8 Å². The summed E-state index contributed by atoms with van der Waals surface area (Å²) in [7, 11) is 1.41. The minimum Gasteiger partial charge on any atom is -0.480 e. The van der Waals surface area contributed by atoms with Gasteiger partial charge in [-0.3, -0.25) is 29.3 Å². The highest BCUT2D eigenvalue weighted by Crippen LogP contribution is 2.37. The smallest absolute Gasteiger partial charge is 0.317 e. The van der Waals surface area contributed by atoms with Crippen LogP contribution in [0.3, 0.4) is 0 Å². The van der Waals surface area contributed by atoms with Crippen LogP contribution in [0.4, 0.5) is 5.69 Å². The van der Waals surface area contributed by atoms with Crippen LogP contribution in [-0.2, 0) is 27.4 Å². The van der Waals surface area contributed by atoms with Crippen LogP contribution in [0.15, 0.2) is 59.0 Å². The minimum atomic E-state index is -0.937. The zero-order chi connectivity index (χ0) is 36.5. The molecule has 7 rings (SSSR count). The Bertz CT molecular complexity index is 2250. The van der Waals surface area contributed by atoms with Gasteiger partial charge in [-0.25, -0.2) is 4.98 Å². The molecule has 2 aromatic heterocycles. The summed E-state index contributed by atoms with van der Waals surface area (Å²) in [5, 5.41) is 29.7. The van der Waals surface area contributed by atoms with Gasteiger partial charge in [-0.2, -0.15) is 10.4 Å². The molecule has 1 fully saturated rings. The molecule has 0 bridgehead atoms. The van der Waals surface area contributed by atoms with Gasteiger partial charge >= 0.3 is 11.9 Å². The number of aryl methyl sites for hydroxylation is 1. The number of carboxylic acid groups (broad SMARTS) is 1. The highest BCUT2D eigenvalue weighted by atomic mass is 16.5. The Balaban J connectivity index is 1.13. The Hall–Kier alpha value is -5.84. The number of amides is 1. The van der Waals surface area contributed by atoms with E-state index in [9.17, 15) is 19.6 Å². The molecule has 0 aliphatic carbocycles. The van der Waals surface area contributed by atoms with E-state index in [4.69, 9.17) is 19.2 Å². The summed E-state index contributed by atoms with van der Waals surface area (Å²) in [4.78, 5) is 43.6. The first kappa shape index (κ1) is 34.6. The van der Waals surface area contributed by atoms with Gasteiger partial charge in [0, 0.05) is 36.9 Å². The number of benzene rings is 3. The Labute approximate surface area is 300 Å². The largest absolute Gasteiger partial charge is 0.480 e. The minimum absolute atomic E-state index is 0.149. The number of nitrogens with one attached hydrogen (secondary N) is 2. The summed E-state index contributed by atoms with van der Waals surface area (Å²) in [6.45, 7) is 6.39. The molecule has 1 unspecified atom stereocenters. The van der Waals surface area contributed by atoms with Crippen molar-refractivity contribution >= 4 is 34.6 Å². The van der Waals surface area contributed by atoms with Crippen LogP contribution in [0.25, 0.3) is 33.7 Å². The highest BCUT2D eigenvalue weighted by Gasteiger charge is 2.29. The second kappa shape index (κ2) is 14.4. The molecule has 0 saturated carbocycles. The first-order valence-corrected chi connectivity index (χ1v) is 17.3. The van der Waals surface area contributed by atoms with Gasteiger partial charge in [0.05, 0.1) is 30.8 Å². The van der Waals surface area contributed by atoms with Crippen molar-refractivity contribution in [3.8, 4) is 28.7 Å². The summed E-state index contributed by atoms with van der Waals surface area (Å²) >= 11 is 0. The van der Waals surface area contributed by atoms with Crippen molar-refractivity contribution in [2.75, 3.05) is 32.1 Å². The van der Waals surface area contributed by atoms with Crippen LogP contribution in [-0.4, -0.2) is 69.4 Å². The van der Waals surface area contributed by atoms with Crippen molar-refractivity contribution < 1.29 is 28.6 Å². The molecule has 13 heteroatoms. The van der Waals surface area contributed by atoms with Crippen LogP contribution in [0.5, 0.6) is 0 Å². The number of likely N-dealkylation sites (tertiary alicyclic amines) is 1. The molecule has 5 aromatic rings. The Morgan fingerprint density at radius 2 is 1.81 bits per heavy atom. The number of nitrogens with zero attached hydrogens (tertiary/aromatic N) is 5. The topological polar surface area (TPSA) is 176 Å². The molecule has 4 heterocycles. The Morgan fingerprint density at radius 1 is 1.04 bits per heavy atom. The summed E-state index contributed by atoms with van der Waals surface area (Å²) in [5.74, 6) is -1.23. The highest BCUT2D eigenvalue weighted by molar-refractivity contribution is 6.04. The third-order valence-corrected chi connectivity index (χ3v) is 10.1. The van der Waals surface area contributed by atoms with Gasteiger partial charge in [0.2, 0.25) is 5.89 Å². The molecule has 1 saturated heterocycles. The first-order valence-electron chi connectivity index (χ1n) is 17.3. The number of fused-ring (bicyclic) bond motifs is 2. The third kappa shape index (κ3) is 6.78. The molecule has 266 valence electrons. The van der Waals surface area contributed by atoms with E-state index in [-0.39, 0.29) is 36.1 Å². The summed E-state index contributed by atoms with van der Waals surface area (Å²) in [6.07, 6.45) is 2.33. The molecule has 1 amide bonds. The zero-order valence-electron chi connectivity index (χ0n) is 29.2. The van der Waals surface area contributed by atoms with E-state index in [1.54, 1.807) is 10.7 Å². The Kier molecular flexibility index (Phi) is 9.59. The lowest BCUT2D eigenvalue weighted by molar-refractivity contribution is -0.145. The quantitative estimate of drug-likeness (QED) is 0.155. The lowest BCUT2D eigenvalue weighted by atomic mass is 9.93. The van der Waals surface area contributed by atoms with Crippen molar-refractivity contribution in [3.05, 3.63) is 88.2 Å². The number of rotatable bonds is 10. The van der Waals surface area contributed by atoms with E-state index < -0.39 is 5.97 Å². The number of hydrogen-bond acceptors (Lipinski definition) is 10. The molecule has 2 atom stereocenters. The van der Waals surface area contributed by atoms with Crippen LogP contribution < -0.4 is 10.6 Å². The lowest BCUT2D eigenvalue weighted by Crippen LogP contribution is -2.31. The molecule has 3 aromatic carbocycles. The number of carbonyl (C=O) groups is 3. The molecule has 0 spiro atoms. The van der Waals surface area contributed by atoms with E-state index in [1.807, 2.05) is 62.4 Å². The van der Waals surface area contributed by atoms with Gasteiger partial charge in [-0.1, -0.05) is 24.3 Å². The van der Waals surface area contributed by atoms with Crippen molar-refractivity contribution in [2.24, 2.45) is 5.92 Å². The van der Waals surface area contributed by atoms with Gasteiger partial charge in [0.1, 0.15) is 11.6 Å². The molecule has 2 aliphatic heterocycles. The zero-order valence-corrected chi connectivity index (χ0v) is 29.2. The fourth-order valence-electron chi connectivity index (χ4n) is 7.39. The van der Waals surface area contributed by atoms with Crippen molar-refractivity contribution in [1.29, 1.82) is 5.26 Å². The maximum Gasteiger partial charge on any atom is 0.317 e. The second-order valence-corrected chi connectivity index (χ2v) is 13.4. The summed E-state index contributed by atoms with van der Waals surface area (Å²) in [6, 6.07) is 19.2. The van der Waals surface area contributed by atoms with Gasteiger partial charge in [-0.15, -0.1) is 0 Å². The number of aromatic nitrogens is 3. The lowest BCUT2D eigenvalue weighted by Gasteiger charge is -2.23. The third-order valence-electron chi connectivity index (χ3n) is 10.1. The molecule has 3 N–H and O–H groups in total. The molecule has 13 nitrogen and oxygen atoms in total. The molecular formula is C39H39N7O6. The number of carboxylic acids is 1. The van der Waals surface area contributed by atoms with Crippen LogP contribution in [0.2, 0.25) is 0 Å². The molecule has 52 heavy (non-hydrogen) atoms. The molecule has 0 radical (unpaired) electrons. The molecular weight excluding hydrogens is 662 g/mol. The maximum absolute atomic E-state index is 13.5. The summed E-state index contributed by atoms with van der Waals surface area (Å²) < 4.78 is 13.0. The van der Waals surface area contributed by atoms with Crippen LogP contribution in [0.1, 0.15) is 63.7 Å². The van der Waals surface area contributed by atoms with E-state index in [0.717, 1.165) is 64.9 Å². The molecule has 2 aliphatic rings. The standard InChI is InChI=1S/C39H39N7O6/c1-22-27(28-8-5-10-30(23(28)2)42-37(49)33-17-34-31(41-19-35(47)48)11-6-13-46(34)44-33)7-4-9-29(22)38-43-32-16-24(15-26(18-40)36(32)52-38)20-45-14-12-25(21-45)39(50)51-3/h4-5,7-10,15-17,25,31,41H,6,11-14,19-21H2,1-3H3,(H,42,49)(H,47,48)/t25-,31?/m1/s1. The number of methoxy groups -OCH3 is 1. The predicted molar refractivity (Wildman–Crippen MR) is 192 cm³/mol. The number of oxazole rings is 1. The van der Waals surface area contributed by atoms with Gasteiger partial charge in [0.25, 0.3) is 5.91 Å². The Morgan fingerprint density at radius 3 is 2.58 bits per heavy atom. The number of anilines is 1. The second-order valence-electron chi connectivity index (χ2n) is 13.4. The average molecular weight is 702 g/mol. The fraction of sp³-hybridized carbons (Fsp3) is 0.333. The van der Waals surface area contributed by atoms with Crippen LogP contribution >= 0.6 is 0 Å². The van der Waals surface area contributed by atoms with Crippen LogP contribution in [0, 0.1) is 31.1 Å². The van der Waals surface area contributed by atoms with Crippen molar-refractivity contribution in [2.45, 2.75) is 52.2 Å². The number of esters is 1. The predicted octanol–water partition coefficient (Wildman–Crippen LogP) is 5.60. The number of ether oxygens (including phenoxy) is 1. The summed E-state index contributed by atoms with van der Waals surface area (Å²) in [5.41, 5.74) is 8.46. The number of aliphatic carboxylic acids is 1.